The lowest BCUT2D eigenvalue weighted by Gasteiger charge is -2.30. The highest BCUT2D eigenvalue weighted by molar-refractivity contribution is 5.77. The number of carboxylic acid groups (broad SMARTS) is 1. The van der Waals surface area contributed by atoms with E-state index in [9.17, 15) is 9.59 Å². The Bertz CT molecular complexity index is 356. The number of carbonyl (C=O) groups is 2. The van der Waals surface area contributed by atoms with Crippen molar-refractivity contribution in [2.75, 3.05) is 33.9 Å². The molecule has 0 saturated carbocycles. The molecule has 1 saturated heterocycles. The number of hydrogen-bond acceptors (Lipinski definition) is 3. The fourth-order valence-electron chi connectivity index (χ4n) is 2.04. The van der Waals surface area contributed by atoms with E-state index < -0.39 is 17.9 Å². The molecule has 18 heavy (non-hydrogen) atoms. The van der Waals surface area contributed by atoms with Gasteiger partial charge in [-0.15, -0.1) is 0 Å². The van der Waals surface area contributed by atoms with Crippen LogP contribution in [0.5, 0.6) is 0 Å². The molecule has 6 heteroatoms. The quantitative estimate of drug-likeness (QED) is 0.750. The van der Waals surface area contributed by atoms with Crippen LogP contribution in [-0.2, 0) is 9.53 Å². The number of urea groups is 1. The van der Waals surface area contributed by atoms with Gasteiger partial charge in [0, 0.05) is 20.6 Å². The first-order valence-corrected chi connectivity index (χ1v) is 5.77. The Kier molecular flexibility index (Phi) is 4.72. The van der Waals surface area contributed by atoms with E-state index in [1.807, 2.05) is 6.92 Å². The summed E-state index contributed by atoms with van der Waals surface area (Å²) in [7, 11) is 3.27. The first kappa shape index (κ1) is 14.5. The number of likely N-dealkylation sites (N-methyl/N-ethyl adjacent to an activating group) is 2. The molecule has 0 radical (unpaired) electrons. The van der Waals surface area contributed by atoms with Gasteiger partial charge < -0.3 is 19.6 Å². The normalized spacial score (nSPS) is 22.6. The minimum atomic E-state index is -0.931. The lowest BCUT2D eigenvalue weighted by Crippen LogP contribution is -2.49. The molecule has 0 aromatic carbocycles. The van der Waals surface area contributed by atoms with Crippen molar-refractivity contribution in [3.63, 3.8) is 0 Å². The van der Waals surface area contributed by atoms with Gasteiger partial charge in [-0.2, -0.15) is 0 Å². The van der Waals surface area contributed by atoms with Crippen molar-refractivity contribution < 1.29 is 19.4 Å². The minimum Gasteiger partial charge on any atom is -0.481 e. The summed E-state index contributed by atoms with van der Waals surface area (Å²) in [6.45, 7) is 6.45. The summed E-state index contributed by atoms with van der Waals surface area (Å²) >= 11 is 0. The highest BCUT2D eigenvalue weighted by Gasteiger charge is 2.39. The molecule has 0 bridgehead atoms. The Morgan fingerprint density at radius 2 is 2.00 bits per heavy atom. The third-order valence-corrected chi connectivity index (χ3v) is 3.00. The summed E-state index contributed by atoms with van der Waals surface area (Å²) in [4.78, 5) is 26.1. The van der Waals surface area contributed by atoms with E-state index in [0.29, 0.717) is 6.54 Å². The topological polar surface area (TPSA) is 70.1 Å². The molecular formula is C12H20N2O4. The molecule has 1 heterocycles. The highest BCUT2D eigenvalue weighted by Crippen LogP contribution is 2.20. The molecule has 1 aliphatic rings. The third-order valence-electron chi connectivity index (χ3n) is 3.00. The van der Waals surface area contributed by atoms with Crippen molar-refractivity contribution in [2.45, 2.75) is 13.0 Å². The van der Waals surface area contributed by atoms with Crippen LogP contribution in [0.1, 0.15) is 6.92 Å². The zero-order valence-corrected chi connectivity index (χ0v) is 11.0. The van der Waals surface area contributed by atoms with Crippen LogP contribution in [0.4, 0.5) is 4.79 Å². The predicted octanol–water partition coefficient (Wildman–Crippen LogP) is 0.646. The number of carboxylic acids is 1. The van der Waals surface area contributed by atoms with E-state index >= 15 is 0 Å². The zero-order valence-electron chi connectivity index (χ0n) is 11.0. The van der Waals surface area contributed by atoms with Crippen molar-refractivity contribution >= 4 is 12.0 Å². The molecule has 1 fully saturated rings. The summed E-state index contributed by atoms with van der Waals surface area (Å²) in [5.74, 6) is -1.59. The molecule has 1 aliphatic heterocycles. The molecule has 0 aliphatic carbocycles. The van der Waals surface area contributed by atoms with Gasteiger partial charge in [-0.05, 0) is 6.92 Å². The third kappa shape index (κ3) is 3.22. The van der Waals surface area contributed by atoms with Gasteiger partial charge in [0.15, 0.2) is 0 Å². The van der Waals surface area contributed by atoms with E-state index in [4.69, 9.17) is 9.84 Å². The lowest BCUT2D eigenvalue weighted by molar-refractivity contribution is -0.142. The van der Waals surface area contributed by atoms with Crippen LogP contribution in [0.15, 0.2) is 12.2 Å². The number of ether oxygens (including phenoxy) is 1. The van der Waals surface area contributed by atoms with Crippen molar-refractivity contribution in [3.05, 3.63) is 12.2 Å². The zero-order chi connectivity index (χ0) is 13.9. The van der Waals surface area contributed by atoms with E-state index in [-0.39, 0.29) is 19.2 Å². The molecule has 2 unspecified atom stereocenters. The maximum absolute atomic E-state index is 12.1. The van der Waals surface area contributed by atoms with Crippen LogP contribution in [0.25, 0.3) is 0 Å². The van der Waals surface area contributed by atoms with E-state index in [1.54, 1.807) is 14.1 Å². The molecule has 102 valence electrons. The molecule has 1 N–H and O–H groups in total. The van der Waals surface area contributed by atoms with E-state index in [2.05, 4.69) is 6.58 Å². The Morgan fingerprint density at radius 3 is 2.50 bits per heavy atom. The number of hydrogen-bond donors (Lipinski definition) is 1. The van der Waals surface area contributed by atoms with Gasteiger partial charge in [-0.3, -0.25) is 4.79 Å². The summed E-state index contributed by atoms with van der Waals surface area (Å²) in [5, 5.41) is 9.05. The molecule has 0 aromatic rings. The van der Waals surface area contributed by atoms with Gasteiger partial charge in [0.2, 0.25) is 0 Å². The maximum Gasteiger partial charge on any atom is 0.320 e. The van der Waals surface area contributed by atoms with Crippen LogP contribution >= 0.6 is 0 Å². The first-order valence-electron chi connectivity index (χ1n) is 5.77. The Morgan fingerprint density at radius 1 is 1.39 bits per heavy atom. The Balaban J connectivity index is 2.68. The average Bonchev–Trinajstić information content (AvgIpc) is 2.74. The molecule has 2 atom stereocenters. The van der Waals surface area contributed by atoms with Crippen LogP contribution in [0.3, 0.4) is 0 Å². The second kappa shape index (κ2) is 5.86. The second-order valence-electron chi connectivity index (χ2n) is 4.76. The monoisotopic (exact) mass is 256 g/mol. The Labute approximate surface area is 107 Å². The fourth-order valence-corrected chi connectivity index (χ4v) is 2.04. The smallest absolute Gasteiger partial charge is 0.320 e. The van der Waals surface area contributed by atoms with Crippen LogP contribution < -0.4 is 0 Å². The predicted molar refractivity (Wildman–Crippen MR) is 66.3 cm³/mol. The molecular weight excluding hydrogens is 236 g/mol. The van der Waals surface area contributed by atoms with E-state index in [1.165, 1.54) is 9.80 Å². The highest BCUT2D eigenvalue weighted by atomic mass is 16.5. The van der Waals surface area contributed by atoms with Gasteiger partial charge in [-0.1, -0.05) is 12.2 Å². The minimum absolute atomic E-state index is 0.155. The van der Waals surface area contributed by atoms with Crippen LogP contribution in [-0.4, -0.2) is 66.8 Å². The molecule has 6 nitrogen and oxygen atoms in total. The Hall–Kier alpha value is -1.56. The lowest BCUT2D eigenvalue weighted by atomic mass is 10.0. The average molecular weight is 256 g/mol. The molecule has 0 aromatic heterocycles. The standard InChI is InChI=1S/C12H20N2O4/c1-8(2)5-13(3)12(17)14(4)10-7-18-6-9(10)11(15)16/h9-10H,1,5-7H2,2-4H3,(H,15,16). The SMILES string of the molecule is C=C(C)CN(C)C(=O)N(C)C1COCC1C(=O)O. The van der Waals surface area contributed by atoms with Crippen molar-refractivity contribution in [1.29, 1.82) is 0 Å². The molecule has 1 rings (SSSR count). The van der Waals surface area contributed by atoms with Gasteiger partial charge in [0.1, 0.15) is 5.92 Å². The second-order valence-corrected chi connectivity index (χ2v) is 4.76. The van der Waals surface area contributed by atoms with Crippen LogP contribution in [0.2, 0.25) is 0 Å². The molecule has 2 amide bonds. The largest absolute Gasteiger partial charge is 0.481 e. The first-order chi connectivity index (χ1) is 8.34. The molecule has 0 spiro atoms. The van der Waals surface area contributed by atoms with Gasteiger partial charge >= 0.3 is 12.0 Å². The summed E-state index contributed by atoms with van der Waals surface area (Å²) in [6.07, 6.45) is 0. The van der Waals surface area contributed by atoms with Gasteiger partial charge in [0.25, 0.3) is 0 Å². The van der Waals surface area contributed by atoms with Crippen molar-refractivity contribution in [3.8, 4) is 0 Å². The maximum atomic E-state index is 12.1. The summed E-state index contributed by atoms with van der Waals surface area (Å²) in [6, 6.07) is -0.637. The number of amides is 2. The number of nitrogens with zero attached hydrogens (tertiary/aromatic N) is 2. The number of rotatable bonds is 4. The number of carbonyl (C=O) groups excluding carboxylic acids is 1. The summed E-state index contributed by atoms with van der Waals surface area (Å²) < 4.78 is 5.15. The van der Waals surface area contributed by atoms with Crippen molar-refractivity contribution in [1.82, 2.24) is 9.80 Å². The summed E-state index contributed by atoms with van der Waals surface area (Å²) in [5.41, 5.74) is 0.872. The number of aliphatic carboxylic acids is 1. The fraction of sp³-hybridized carbons (Fsp3) is 0.667. The van der Waals surface area contributed by atoms with Gasteiger partial charge in [0.05, 0.1) is 19.3 Å². The van der Waals surface area contributed by atoms with Crippen molar-refractivity contribution in [2.24, 2.45) is 5.92 Å². The van der Waals surface area contributed by atoms with E-state index in [0.717, 1.165) is 5.57 Å². The van der Waals surface area contributed by atoms with Crippen LogP contribution in [0, 0.1) is 5.92 Å². The van der Waals surface area contributed by atoms with Gasteiger partial charge in [-0.25, -0.2) is 4.79 Å².